The highest BCUT2D eigenvalue weighted by atomic mass is 32.2. The Labute approximate surface area is 96.4 Å². The molecule has 0 spiro atoms. The lowest BCUT2D eigenvalue weighted by atomic mass is 10.1. The van der Waals surface area contributed by atoms with E-state index in [1.54, 1.807) is 4.72 Å². The van der Waals surface area contributed by atoms with Crippen LogP contribution < -0.4 is 9.44 Å². The van der Waals surface area contributed by atoms with E-state index in [-0.39, 0.29) is 0 Å². The standard InChI is InChI=1S/C7H13F3N2O4S/c1-4(2)5(6(13)14)12-17(15,16)11-3-7(8,9)10/h4-5,11-12H,3H2,1-2H3,(H,13,14)/t5-/m0/s1. The zero-order valence-electron chi connectivity index (χ0n) is 9.08. The Balaban J connectivity index is 4.58. The molecule has 0 radical (unpaired) electrons. The summed E-state index contributed by atoms with van der Waals surface area (Å²) in [6.45, 7) is 1.09. The molecule has 1 atom stereocenters. The van der Waals surface area contributed by atoms with Crippen molar-refractivity contribution in [2.45, 2.75) is 26.1 Å². The van der Waals surface area contributed by atoms with Crippen LogP contribution in [0.15, 0.2) is 0 Å². The van der Waals surface area contributed by atoms with Crippen molar-refractivity contribution >= 4 is 16.2 Å². The van der Waals surface area contributed by atoms with Crippen molar-refractivity contribution in [3.05, 3.63) is 0 Å². The molecule has 0 aliphatic carbocycles. The van der Waals surface area contributed by atoms with Crippen LogP contribution in [0.2, 0.25) is 0 Å². The molecule has 17 heavy (non-hydrogen) atoms. The van der Waals surface area contributed by atoms with Crippen LogP contribution >= 0.6 is 0 Å². The molecule has 0 rings (SSSR count). The Morgan fingerprint density at radius 1 is 1.35 bits per heavy atom. The van der Waals surface area contributed by atoms with Crippen molar-refractivity contribution in [2.24, 2.45) is 5.92 Å². The Morgan fingerprint density at radius 2 is 1.82 bits per heavy atom. The van der Waals surface area contributed by atoms with E-state index < -0.39 is 40.9 Å². The number of aliphatic carboxylic acids is 1. The quantitative estimate of drug-likeness (QED) is 0.641. The van der Waals surface area contributed by atoms with Crippen molar-refractivity contribution < 1.29 is 31.5 Å². The summed E-state index contributed by atoms with van der Waals surface area (Å²) in [5.74, 6) is -2.06. The van der Waals surface area contributed by atoms with Gasteiger partial charge in [0.25, 0.3) is 10.2 Å². The number of alkyl halides is 3. The van der Waals surface area contributed by atoms with Gasteiger partial charge in [0.1, 0.15) is 12.6 Å². The Hall–Kier alpha value is -0.870. The molecular formula is C7H13F3N2O4S. The average Bonchev–Trinajstić information content (AvgIpc) is 2.09. The Bertz CT molecular complexity index is 366. The first-order valence-corrected chi connectivity index (χ1v) is 5.99. The number of halogens is 3. The fraction of sp³-hybridized carbons (Fsp3) is 0.857. The highest BCUT2D eigenvalue weighted by Crippen LogP contribution is 2.12. The summed E-state index contributed by atoms with van der Waals surface area (Å²) in [6.07, 6.45) is -4.70. The molecular weight excluding hydrogens is 265 g/mol. The Kier molecular flexibility index (Phi) is 5.36. The number of nitrogens with one attached hydrogen (secondary N) is 2. The molecule has 102 valence electrons. The van der Waals surface area contributed by atoms with Crippen LogP contribution in [0, 0.1) is 5.92 Å². The summed E-state index contributed by atoms with van der Waals surface area (Å²) in [6, 6.07) is -1.49. The van der Waals surface area contributed by atoms with Crippen molar-refractivity contribution in [1.82, 2.24) is 9.44 Å². The van der Waals surface area contributed by atoms with Gasteiger partial charge in [-0.1, -0.05) is 13.8 Å². The predicted molar refractivity (Wildman–Crippen MR) is 52.4 cm³/mol. The summed E-state index contributed by atoms with van der Waals surface area (Å²) in [5.41, 5.74) is 0. The first kappa shape index (κ1) is 16.1. The highest BCUT2D eigenvalue weighted by molar-refractivity contribution is 7.87. The molecule has 0 amide bonds. The summed E-state index contributed by atoms with van der Waals surface area (Å²) >= 11 is 0. The largest absolute Gasteiger partial charge is 0.480 e. The van der Waals surface area contributed by atoms with Gasteiger partial charge in [-0.3, -0.25) is 4.79 Å². The molecule has 0 saturated carbocycles. The predicted octanol–water partition coefficient (Wildman–Crippen LogP) is 0.0819. The van der Waals surface area contributed by atoms with Crippen LogP contribution in [0.4, 0.5) is 13.2 Å². The fourth-order valence-electron chi connectivity index (χ4n) is 0.857. The van der Waals surface area contributed by atoms with Gasteiger partial charge in [-0.05, 0) is 5.92 Å². The minimum absolute atomic E-state index is 0.602. The number of carbonyl (C=O) groups is 1. The number of hydrogen-bond donors (Lipinski definition) is 3. The third-order valence-electron chi connectivity index (χ3n) is 1.68. The molecule has 0 saturated heterocycles. The van der Waals surface area contributed by atoms with Crippen LogP contribution in [0.3, 0.4) is 0 Å². The molecule has 0 aromatic carbocycles. The monoisotopic (exact) mass is 278 g/mol. The molecule has 0 aromatic heterocycles. The van der Waals surface area contributed by atoms with Gasteiger partial charge in [0, 0.05) is 0 Å². The molecule has 0 aliphatic heterocycles. The minimum atomic E-state index is -4.70. The van der Waals surface area contributed by atoms with Crippen LogP contribution in [-0.2, 0) is 15.0 Å². The fourth-order valence-corrected chi connectivity index (χ4v) is 2.00. The van der Waals surface area contributed by atoms with Crippen LogP contribution in [0.1, 0.15) is 13.8 Å². The molecule has 0 aliphatic rings. The van der Waals surface area contributed by atoms with Crippen molar-refractivity contribution in [1.29, 1.82) is 0 Å². The molecule has 0 fully saturated rings. The van der Waals surface area contributed by atoms with Crippen LogP contribution in [0.25, 0.3) is 0 Å². The lowest BCUT2D eigenvalue weighted by Gasteiger charge is -2.18. The van der Waals surface area contributed by atoms with Crippen LogP contribution in [-0.4, -0.2) is 38.3 Å². The topological polar surface area (TPSA) is 95.5 Å². The normalized spacial score (nSPS) is 14.9. The van der Waals surface area contributed by atoms with E-state index in [1.807, 2.05) is 0 Å². The third kappa shape index (κ3) is 7.13. The Morgan fingerprint density at radius 3 is 2.12 bits per heavy atom. The van der Waals surface area contributed by atoms with Gasteiger partial charge in [-0.15, -0.1) is 0 Å². The first-order valence-electron chi connectivity index (χ1n) is 4.51. The second-order valence-electron chi connectivity index (χ2n) is 3.62. The molecule has 6 nitrogen and oxygen atoms in total. The van der Waals surface area contributed by atoms with Gasteiger partial charge in [-0.2, -0.15) is 31.0 Å². The molecule has 0 heterocycles. The zero-order chi connectivity index (χ0) is 13.9. The summed E-state index contributed by atoms with van der Waals surface area (Å²) < 4.78 is 60.4. The maximum Gasteiger partial charge on any atom is 0.402 e. The zero-order valence-corrected chi connectivity index (χ0v) is 9.89. The second kappa shape index (κ2) is 5.65. The molecule has 3 N–H and O–H groups in total. The number of carboxylic acids is 1. The SMILES string of the molecule is CC(C)[C@H](NS(=O)(=O)NCC(F)(F)F)C(=O)O. The smallest absolute Gasteiger partial charge is 0.402 e. The van der Waals surface area contributed by atoms with E-state index in [4.69, 9.17) is 5.11 Å². The van der Waals surface area contributed by atoms with E-state index in [2.05, 4.69) is 0 Å². The van der Waals surface area contributed by atoms with Gasteiger partial charge in [0.05, 0.1) is 0 Å². The highest BCUT2D eigenvalue weighted by Gasteiger charge is 2.32. The maximum absolute atomic E-state index is 11.8. The van der Waals surface area contributed by atoms with Gasteiger partial charge in [0.15, 0.2) is 0 Å². The number of carboxylic acid groups (broad SMARTS) is 1. The van der Waals surface area contributed by atoms with Crippen molar-refractivity contribution in [3.63, 3.8) is 0 Å². The van der Waals surface area contributed by atoms with Gasteiger partial charge in [0.2, 0.25) is 0 Å². The van der Waals surface area contributed by atoms with Crippen LogP contribution in [0.5, 0.6) is 0 Å². The van der Waals surface area contributed by atoms with E-state index in [9.17, 15) is 26.4 Å². The third-order valence-corrected chi connectivity index (χ3v) is 2.77. The van der Waals surface area contributed by atoms with Gasteiger partial charge >= 0.3 is 12.1 Å². The average molecular weight is 278 g/mol. The maximum atomic E-state index is 11.8. The summed E-state index contributed by atoms with van der Waals surface area (Å²) in [5, 5.41) is 8.66. The molecule has 10 heteroatoms. The summed E-state index contributed by atoms with van der Waals surface area (Å²) in [4.78, 5) is 10.6. The molecule has 0 unspecified atom stereocenters. The minimum Gasteiger partial charge on any atom is -0.480 e. The van der Waals surface area contributed by atoms with Crippen molar-refractivity contribution in [3.8, 4) is 0 Å². The molecule has 0 bridgehead atoms. The lowest BCUT2D eigenvalue weighted by Crippen LogP contribution is -2.50. The summed E-state index contributed by atoms with van der Waals surface area (Å²) in [7, 11) is -4.50. The first-order chi connectivity index (χ1) is 7.44. The second-order valence-corrected chi connectivity index (χ2v) is 5.15. The lowest BCUT2D eigenvalue weighted by molar-refractivity contribution is -0.140. The van der Waals surface area contributed by atoms with Gasteiger partial charge < -0.3 is 5.11 Å². The number of rotatable bonds is 6. The van der Waals surface area contributed by atoms with E-state index in [1.165, 1.54) is 18.6 Å². The number of hydrogen-bond acceptors (Lipinski definition) is 3. The van der Waals surface area contributed by atoms with E-state index in [0.29, 0.717) is 0 Å². The van der Waals surface area contributed by atoms with Crippen molar-refractivity contribution in [2.75, 3.05) is 6.54 Å². The molecule has 0 aromatic rings. The van der Waals surface area contributed by atoms with E-state index in [0.717, 1.165) is 0 Å². The van der Waals surface area contributed by atoms with E-state index >= 15 is 0 Å². The van der Waals surface area contributed by atoms with Gasteiger partial charge in [-0.25, -0.2) is 0 Å².